The molecule has 0 atom stereocenters. The summed E-state index contributed by atoms with van der Waals surface area (Å²) in [5.74, 6) is -0.821. The van der Waals surface area contributed by atoms with E-state index in [1.165, 1.54) is 0 Å². The molecule has 100 valence electrons. The Kier molecular flexibility index (Phi) is 3.94. The lowest BCUT2D eigenvalue weighted by Gasteiger charge is -2.05. The lowest BCUT2D eigenvalue weighted by Crippen LogP contribution is -2.07. The van der Waals surface area contributed by atoms with Gasteiger partial charge in [-0.15, -0.1) is 0 Å². The van der Waals surface area contributed by atoms with Crippen LogP contribution in [0, 0.1) is 13.8 Å². The second-order valence-electron chi connectivity index (χ2n) is 4.55. The van der Waals surface area contributed by atoms with Crippen molar-refractivity contribution in [1.29, 1.82) is 0 Å². The van der Waals surface area contributed by atoms with Crippen LogP contribution >= 0.6 is 0 Å². The van der Waals surface area contributed by atoms with Gasteiger partial charge in [-0.25, -0.2) is 0 Å². The topological polar surface area (TPSA) is 68.0 Å². The first-order chi connectivity index (χ1) is 9.08. The minimum absolute atomic E-state index is 0.0323. The maximum atomic E-state index is 10.8. The van der Waals surface area contributed by atoms with Gasteiger partial charge in [-0.3, -0.25) is 14.5 Å². The standard InChI is InChI=1S/C14H17N3O2/c1-10-13(8-14(18)19)11(2)17(16-10)7-5-12-4-3-6-15-9-12/h3-4,6,9H,5,7-8H2,1-2H3,(H,18,19). The highest BCUT2D eigenvalue weighted by Crippen LogP contribution is 2.14. The van der Waals surface area contributed by atoms with E-state index in [-0.39, 0.29) is 6.42 Å². The molecule has 0 spiro atoms. The molecule has 2 aromatic heterocycles. The number of hydrogen-bond acceptors (Lipinski definition) is 3. The maximum absolute atomic E-state index is 10.8. The molecular weight excluding hydrogens is 242 g/mol. The van der Waals surface area contributed by atoms with Crippen LogP contribution in [0.1, 0.15) is 22.5 Å². The normalized spacial score (nSPS) is 10.6. The molecule has 0 aliphatic rings. The van der Waals surface area contributed by atoms with Gasteiger partial charge in [-0.2, -0.15) is 5.10 Å². The highest BCUT2D eigenvalue weighted by molar-refractivity contribution is 5.70. The number of hydrogen-bond donors (Lipinski definition) is 1. The van der Waals surface area contributed by atoms with Gasteiger partial charge in [0.2, 0.25) is 0 Å². The average molecular weight is 259 g/mol. The van der Waals surface area contributed by atoms with Crippen LogP contribution in [0.4, 0.5) is 0 Å². The van der Waals surface area contributed by atoms with Crippen molar-refractivity contribution in [1.82, 2.24) is 14.8 Å². The fraction of sp³-hybridized carbons (Fsp3) is 0.357. The summed E-state index contributed by atoms with van der Waals surface area (Å²) in [5.41, 5.74) is 3.70. The van der Waals surface area contributed by atoms with E-state index in [9.17, 15) is 4.79 Å². The second-order valence-corrected chi connectivity index (χ2v) is 4.55. The van der Waals surface area contributed by atoms with Crippen LogP contribution in [0.2, 0.25) is 0 Å². The van der Waals surface area contributed by atoms with Gasteiger partial charge in [0, 0.05) is 30.2 Å². The first-order valence-corrected chi connectivity index (χ1v) is 6.21. The summed E-state index contributed by atoms with van der Waals surface area (Å²) in [4.78, 5) is 14.9. The van der Waals surface area contributed by atoms with Crippen LogP contribution in [0.15, 0.2) is 24.5 Å². The molecule has 0 fully saturated rings. The molecule has 5 nitrogen and oxygen atoms in total. The van der Waals surface area contributed by atoms with Crippen molar-refractivity contribution in [3.8, 4) is 0 Å². The fourth-order valence-corrected chi connectivity index (χ4v) is 2.14. The van der Waals surface area contributed by atoms with Gasteiger partial charge in [0.25, 0.3) is 0 Å². The molecule has 2 aromatic rings. The summed E-state index contributed by atoms with van der Waals surface area (Å²) >= 11 is 0. The van der Waals surface area contributed by atoms with E-state index < -0.39 is 5.97 Å². The number of aromatic nitrogens is 3. The van der Waals surface area contributed by atoms with E-state index in [1.807, 2.05) is 36.9 Å². The third-order valence-corrected chi connectivity index (χ3v) is 3.19. The highest BCUT2D eigenvalue weighted by Gasteiger charge is 2.14. The Balaban J connectivity index is 2.11. The smallest absolute Gasteiger partial charge is 0.307 e. The molecule has 19 heavy (non-hydrogen) atoms. The Morgan fingerprint density at radius 3 is 2.84 bits per heavy atom. The molecule has 2 heterocycles. The Hall–Kier alpha value is -2.17. The molecule has 0 bridgehead atoms. The summed E-state index contributed by atoms with van der Waals surface area (Å²) in [5, 5.41) is 13.3. The first-order valence-electron chi connectivity index (χ1n) is 6.21. The van der Waals surface area contributed by atoms with E-state index >= 15 is 0 Å². The van der Waals surface area contributed by atoms with E-state index in [4.69, 9.17) is 5.11 Å². The molecule has 5 heteroatoms. The molecule has 2 rings (SSSR count). The van der Waals surface area contributed by atoms with E-state index in [0.717, 1.165) is 35.5 Å². The number of carboxylic acid groups (broad SMARTS) is 1. The van der Waals surface area contributed by atoms with Crippen molar-refractivity contribution in [2.75, 3.05) is 0 Å². The van der Waals surface area contributed by atoms with E-state index in [0.29, 0.717) is 0 Å². The number of nitrogens with zero attached hydrogens (tertiary/aromatic N) is 3. The maximum Gasteiger partial charge on any atom is 0.307 e. The number of pyridine rings is 1. The number of aliphatic carboxylic acids is 1. The summed E-state index contributed by atoms with van der Waals surface area (Å²) in [6, 6.07) is 3.93. The summed E-state index contributed by atoms with van der Waals surface area (Å²) < 4.78 is 1.88. The summed E-state index contributed by atoms with van der Waals surface area (Å²) in [6.45, 7) is 4.51. The predicted molar refractivity (Wildman–Crippen MR) is 71.0 cm³/mol. The van der Waals surface area contributed by atoms with Gasteiger partial charge in [-0.1, -0.05) is 6.07 Å². The Morgan fingerprint density at radius 2 is 2.21 bits per heavy atom. The molecule has 0 amide bonds. The molecule has 0 aromatic carbocycles. The SMILES string of the molecule is Cc1nn(CCc2cccnc2)c(C)c1CC(=O)O. The molecule has 0 aliphatic carbocycles. The van der Waals surface area contributed by atoms with Crippen molar-refractivity contribution in [3.63, 3.8) is 0 Å². The zero-order valence-corrected chi connectivity index (χ0v) is 11.1. The molecular formula is C14H17N3O2. The Labute approximate surface area is 111 Å². The number of aryl methyl sites for hydroxylation is 3. The lowest BCUT2D eigenvalue weighted by atomic mass is 10.1. The van der Waals surface area contributed by atoms with Crippen molar-refractivity contribution < 1.29 is 9.90 Å². The number of carboxylic acids is 1. The Bertz CT molecular complexity index is 576. The van der Waals surface area contributed by atoms with Crippen LogP contribution in [0.3, 0.4) is 0 Å². The van der Waals surface area contributed by atoms with Crippen molar-refractivity contribution >= 4 is 5.97 Å². The van der Waals surface area contributed by atoms with Crippen molar-refractivity contribution in [2.24, 2.45) is 0 Å². The minimum Gasteiger partial charge on any atom is -0.481 e. The monoisotopic (exact) mass is 259 g/mol. The molecule has 0 radical (unpaired) electrons. The number of rotatable bonds is 5. The quantitative estimate of drug-likeness (QED) is 0.888. The third-order valence-electron chi connectivity index (χ3n) is 3.19. The molecule has 0 saturated heterocycles. The van der Waals surface area contributed by atoms with Gasteiger partial charge < -0.3 is 5.11 Å². The molecule has 0 saturated carbocycles. The summed E-state index contributed by atoms with van der Waals surface area (Å²) in [6.07, 6.45) is 4.45. The van der Waals surface area contributed by atoms with Crippen LogP contribution in [0.5, 0.6) is 0 Å². The van der Waals surface area contributed by atoms with Crippen LogP contribution < -0.4 is 0 Å². The second kappa shape index (κ2) is 5.65. The largest absolute Gasteiger partial charge is 0.481 e. The Morgan fingerprint density at radius 1 is 1.42 bits per heavy atom. The molecule has 0 aliphatic heterocycles. The van der Waals surface area contributed by atoms with Crippen LogP contribution in [0.25, 0.3) is 0 Å². The average Bonchev–Trinajstić information content (AvgIpc) is 2.65. The van der Waals surface area contributed by atoms with Gasteiger partial charge in [-0.05, 0) is 31.9 Å². The van der Waals surface area contributed by atoms with Crippen molar-refractivity contribution in [3.05, 3.63) is 47.0 Å². The zero-order chi connectivity index (χ0) is 13.8. The van der Waals surface area contributed by atoms with Gasteiger partial charge in [0.1, 0.15) is 0 Å². The highest BCUT2D eigenvalue weighted by atomic mass is 16.4. The first kappa shape index (κ1) is 13.3. The lowest BCUT2D eigenvalue weighted by molar-refractivity contribution is -0.136. The van der Waals surface area contributed by atoms with Crippen molar-refractivity contribution in [2.45, 2.75) is 33.2 Å². The van der Waals surface area contributed by atoms with Gasteiger partial charge in [0.15, 0.2) is 0 Å². The summed E-state index contributed by atoms with van der Waals surface area (Å²) in [7, 11) is 0. The van der Waals surface area contributed by atoms with Crippen LogP contribution in [-0.4, -0.2) is 25.8 Å². The molecule has 0 unspecified atom stereocenters. The van der Waals surface area contributed by atoms with E-state index in [1.54, 1.807) is 6.20 Å². The fourth-order valence-electron chi connectivity index (χ4n) is 2.14. The predicted octanol–water partition coefficient (Wildman–Crippen LogP) is 1.76. The van der Waals surface area contributed by atoms with Gasteiger partial charge in [0.05, 0.1) is 12.1 Å². The third kappa shape index (κ3) is 3.19. The van der Waals surface area contributed by atoms with Gasteiger partial charge >= 0.3 is 5.97 Å². The number of carbonyl (C=O) groups is 1. The zero-order valence-electron chi connectivity index (χ0n) is 11.1. The minimum atomic E-state index is -0.821. The molecule has 1 N–H and O–H groups in total. The van der Waals surface area contributed by atoms with Crippen LogP contribution in [-0.2, 0) is 24.2 Å². The van der Waals surface area contributed by atoms with E-state index in [2.05, 4.69) is 10.1 Å².